The lowest BCUT2D eigenvalue weighted by Gasteiger charge is -2.12. The van der Waals surface area contributed by atoms with E-state index in [9.17, 15) is 10.1 Å². The Kier molecular flexibility index (Phi) is 4.06. The van der Waals surface area contributed by atoms with Crippen LogP contribution in [0.1, 0.15) is 25.3 Å². The summed E-state index contributed by atoms with van der Waals surface area (Å²) in [4.78, 5) is 14.7. The zero-order valence-electron chi connectivity index (χ0n) is 10.9. The molecule has 0 bridgehead atoms. The summed E-state index contributed by atoms with van der Waals surface area (Å²) < 4.78 is 0. The minimum Gasteiger partial charge on any atom is -0.327 e. The first-order valence-electron chi connectivity index (χ1n) is 6.40. The minimum absolute atomic E-state index is 0.0448. The van der Waals surface area contributed by atoms with Crippen molar-refractivity contribution in [1.29, 1.82) is 0 Å². The van der Waals surface area contributed by atoms with Crippen molar-refractivity contribution in [2.45, 2.75) is 32.2 Å². The Morgan fingerprint density at radius 3 is 2.89 bits per heavy atom. The van der Waals surface area contributed by atoms with Gasteiger partial charge in [0.15, 0.2) is 0 Å². The van der Waals surface area contributed by atoms with Gasteiger partial charge in [-0.1, -0.05) is 25.5 Å². The Bertz CT molecular complexity index is 598. The molecule has 1 unspecified atom stereocenters. The number of rotatable bonds is 5. The standard InChI is InChI=1S/C14H17N3O2/c1-2-4-11(15)9-10-6-7-13(17(18)19)14-12(10)5-3-8-16-14/h3,5-8,11H,2,4,9,15H2,1H3. The summed E-state index contributed by atoms with van der Waals surface area (Å²) in [5, 5.41) is 11.8. The van der Waals surface area contributed by atoms with Crippen LogP contribution in [-0.2, 0) is 6.42 Å². The molecule has 1 aromatic carbocycles. The van der Waals surface area contributed by atoms with E-state index >= 15 is 0 Å². The second-order valence-electron chi connectivity index (χ2n) is 4.65. The minimum atomic E-state index is -0.398. The Balaban J connectivity index is 2.46. The number of nitrogens with zero attached hydrogens (tertiary/aromatic N) is 2. The molecule has 2 rings (SSSR count). The fraction of sp³-hybridized carbons (Fsp3) is 0.357. The number of pyridine rings is 1. The maximum Gasteiger partial charge on any atom is 0.295 e. The van der Waals surface area contributed by atoms with Gasteiger partial charge in [0.05, 0.1) is 4.92 Å². The monoisotopic (exact) mass is 259 g/mol. The molecule has 0 aliphatic heterocycles. The molecule has 5 nitrogen and oxygen atoms in total. The lowest BCUT2D eigenvalue weighted by molar-refractivity contribution is -0.383. The SMILES string of the molecule is CCCC(N)Cc1ccc([N+](=O)[O-])c2ncccc12. The molecule has 2 N–H and O–H groups in total. The van der Waals surface area contributed by atoms with Crippen LogP contribution in [0.5, 0.6) is 0 Å². The molecule has 0 aliphatic carbocycles. The maximum absolute atomic E-state index is 11.0. The van der Waals surface area contributed by atoms with Crippen molar-refractivity contribution in [3.8, 4) is 0 Å². The fourth-order valence-electron chi connectivity index (χ4n) is 2.30. The summed E-state index contributed by atoms with van der Waals surface area (Å²) in [5.41, 5.74) is 7.56. The number of non-ortho nitro benzene ring substituents is 1. The van der Waals surface area contributed by atoms with Crippen LogP contribution in [-0.4, -0.2) is 15.9 Å². The van der Waals surface area contributed by atoms with Crippen molar-refractivity contribution < 1.29 is 4.92 Å². The predicted octanol–water partition coefficient (Wildman–Crippen LogP) is 2.81. The Hall–Kier alpha value is -2.01. The van der Waals surface area contributed by atoms with Crippen molar-refractivity contribution in [3.05, 3.63) is 46.1 Å². The summed E-state index contributed by atoms with van der Waals surface area (Å²) in [6, 6.07) is 7.04. The molecule has 2 aromatic rings. The van der Waals surface area contributed by atoms with Gasteiger partial charge in [-0.2, -0.15) is 0 Å². The lowest BCUT2D eigenvalue weighted by atomic mass is 9.98. The average molecular weight is 259 g/mol. The van der Waals surface area contributed by atoms with Gasteiger partial charge >= 0.3 is 0 Å². The van der Waals surface area contributed by atoms with E-state index in [-0.39, 0.29) is 11.7 Å². The first-order valence-corrected chi connectivity index (χ1v) is 6.40. The average Bonchev–Trinajstić information content (AvgIpc) is 2.39. The number of nitrogens with two attached hydrogens (primary N) is 1. The third kappa shape index (κ3) is 2.88. The number of hydrogen-bond acceptors (Lipinski definition) is 4. The summed E-state index contributed by atoms with van der Waals surface area (Å²) in [6.07, 6.45) is 4.27. The second kappa shape index (κ2) is 5.75. The number of benzene rings is 1. The van der Waals surface area contributed by atoms with Crippen LogP contribution in [0.15, 0.2) is 30.5 Å². The van der Waals surface area contributed by atoms with Crippen LogP contribution < -0.4 is 5.73 Å². The largest absolute Gasteiger partial charge is 0.327 e. The highest BCUT2D eigenvalue weighted by atomic mass is 16.6. The van der Waals surface area contributed by atoms with E-state index in [4.69, 9.17) is 5.73 Å². The Morgan fingerprint density at radius 2 is 2.21 bits per heavy atom. The fourth-order valence-corrected chi connectivity index (χ4v) is 2.30. The van der Waals surface area contributed by atoms with Gasteiger partial charge in [0.1, 0.15) is 5.52 Å². The van der Waals surface area contributed by atoms with Gasteiger partial charge in [0.2, 0.25) is 0 Å². The van der Waals surface area contributed by atoms with Crippen molar-refractivity contribution in [1.82, 2.24) is 4.98 Å². The van der Waals surface area contributed by atoms with E-state index in [2.05, 4.69) is 11.9 Å². The normalized spacial score (nSPS) is 12.5. The summed E-state index contributed by atoms with van der Waals surface area (Å²) in [5.74, 6) is 0. The van der Waals surface area contributed by atoms with E-state index in [1.807, 2.05) is 6.07 Å². The highest BCUT2D eigenvalue weighted by Crippen LogP contribution is 2.27. The van der Waals surface area contributed by atoms with Crippen LogP contribution in [0.25, 0.3) is 10.9 Å². The number of aromatic nitrogens is 1. The summed E-state index contributed by atoms with van der Waals surface area (Å²) in [7, 11) is 0. The van der Waals surface area contributed by atoms with Gasteiger partial charge in [-0.25, -0.2) is 4.98 Å². The molecule has 1 atom stereocenters. The number of fused-ring (bicyclic) bond motifs is 1. The molecule has 0 saturated heterocycles. The predicted molar refractivity (Wildman–Crippen MR) is 75.0 cm³/mol. The van der Waals surface area contributed by atoms with Gasteiger partial charge in [-0.15, -0.1) is 0 Å². The molecule has 0 saturated carbocycles. The molecule has 5 heteroatoms. The van der Waals surface area contributed by atoms with E-state index in [0.29, 0.717) is 11.9 Å². The highest BCUT2D eigenvalue weighted by molar-refractivity contribution is 5.89. The van der Waals surface area contributed by atoms with Crippen molar-refractivity contribution in [2.75, 3.05) is 0 Å². The van der Waals surface area contributed by atoms with Crippen LogP contribution >= 0.6 is 0 Å². The Morgan fingerprint density at radius 1 is 1.42 bits per heavy atom. The van der Waals surface area contributed by atoms with Crippen LogP contribution in [0.4, 0.5) is 5.69 Å². The highest BCUT2D eigenvalue weighted by Gasteiger charge is 2.16. The lowest BCUT2D eigenvalue weighted by Crippen LogP contribution is -2.22. The van der Waals surface area contributed by atoms with E-state index < -0.39 is 4.92 Å². The molecule has 1 aromatic heterocycles. The molecule has 0 amide bonds. The topological polar surface area (TPSA) is 82.0 Å². The number of nitro benzene ring substituents is 1. The number of nitro groups is 1. The van der Waals surface area contributed by atoms with Crippen molar-refractivity contribution in [2.24, 2.45) is 5.73 Å². The first kappa shape index (κ1) is 13.4. The molecular formula is C14H17N3O2. The van der Waals surface area contributed by atoms with E-state index in [1.54, 1.807) is 18.3 Å². The Labute approximate surface area is 111 Å². The van der Waals surface area contributed by atoms with Crippen molar-refractivity contribution >= 4 is 16.6 Å². The van der Waals surface area contributed by atoms with Gasteiger partial charge < -0.3 is 5.73 Å². The van der Waals surface area contributed by atoms with Gasteiger partial charge in [-0.3, -0.25) is 10.1 Å². The van der Waals surface area contributed by atoms with E-state index in [1.165, 1.54) is 6.07 Å². The van der Waals surface area contributed by atoms with Crippen molar-refractivity contribution in [3.63, 3.8) is 0 Å². The zero-order valence-corrected chi connectivity index (χ0v) is 10.9. The number of hydrogen-bond donors (Lipinski definition) is 1. The smallest absolute Gasteiger partial charge is 0.295 e. The van der Waals surface area contributed by atoms with Crippen LogP contribution in [0.3, 0.4) is 0 Å². The maximum atomic E-state index is 11.0. The summed E-state index contributed by atoms with van der Waals surface area (Å²) in [6.45, 7) is 2.09. The zero-order chi connectivity index (χ0) is 13.8. The first-order chi connectivity index (χ1) is 9.13. The quantitative estimate of drug-likeness (QED) is 0.661. The van der Waals surface area contributed by atoms with Gasteiger partial charge in [0.25, 0.3) is 5.69 Å². The molecule has 0 radical (unpaired) electrons. The second-order valence-corrected chi connectivity index (χ2v) is 4.65. The molecule has 100 valence electrons. The molecule has 1 heterocycles. The van der Waals surface area contributed by atoms with Gasteiger partial charge in [0, 0.05) is 23.7 Å². The van der Waals surface area contributed by atoms with Crippen LogP contribution in [0.2, 0.25) is 0 Å². The van der Waals surface area contributed by atoms with Crippen LogP contribution in [0, 0.1) is 10.1 Å². The third-order valence-electron chi connectivity index (χ3n) is 3.18. The summed E-state index contributed by atoms with van der Waals surface area (Å²) >= 11 is 0. The molecule has 19 heavy (non-hydrogen) atoms. The van der Waals surface area contributed by atoms with E-state index in [0.717, 1.165) is 23.8 Å². The molecule has 0 aliphatic rings. The molecular weight excluding hydrogens is 242 g/mol. The third-order valence-corrected chi connectivity index (χ3v) is 3.18. The van der Waals surface area contributed by atoms with Gasteiger partial charge in [-0.05, 0) is 24.5 Å². The molecule has 0 fully saturated rings. The molecule has 0 spiro atoms.